The summed E-state index contributed by atoms with van der Waals surface area (Å²) < 4.78 is 48.3. The molecule has 1 fully saturated rings. The fraction of sp³-hybridized carbons (Fsp3) is 0.235. The molecule has 1 aliphatic rings. The van der Waals surface area contributed by atoms with Crippen LogP contribution in [0.3, 0.4) is 0 Å². The van der Waals surface area contributed by atoms with Gasteiger partial charge < -0.3 is 9.47 Å². The van der Waals surface area contributed by atoms with Gasteiger partial charge in [0.15, 0.2) is 12.1 Å². The van der Waals surface area contributed by atoms with Crippen LogP contribution in [-0.2, 0) is 15.7 Å². The van der Waals surface area contributed by atoms with Gasteiger partial charge in [0.05, 0.1) is 18.8 Å². The summed E-state index contributed by atoms with van der Waals surface area (Å²) in [7, 11) is 0. The van der Waals surface area contributed by atoms with Gasteiger partial charge in [0, 0.05) is 16.7 Å². The minimum atomic E-state index is -4.41. The minimum Gasteiger partial charge on any atom is -0.346 e. The maximum Gasteiger partial charge on any atom is 0.416 e. The highest BCUT2D eigenvalue weighted by atomic mass is 19.4. The molecule has 0 saturated carbocycles. The van der Waals surface area contributed by atoms with Crippen molar-refractivity contribution >= 4 is 5.78 Å². The number of ketones is 1. The van der Waals surface area contributed by atoms with Crippen molar-refractivity contribution in [1.29, 1.82) is 0 Å². The number of benzene rings is 2. The fourth-order valence-corrected chi connectivity index (χ4v) is 2.32. The second-order valence-electron chi connectivity index (χ2n) is 5.10. The van der Waals surface area contributed by atoms with Crippen molar-refractivity contribution in [1.82, 2.24) is 0 Å². The lowest BCUT2D eigenvalue weighted by atomic mass is 10.0. The van der Waals surface area contributed by atoms with E-state index in [4.69, 9.17) is 9.47 Å². The normalized spacial score (nSPS) is 15.8. The van der Waals surface area contributed by atoms with Crippen LogP contribution in [-0.4, -0.2) is 19.0 Å². The summed E-state index contributed by atoms with van der Waals surface area (Å²) in [6.45, 7) is 1.05. The fourth-order valence-electron chi connectivity index (χ4n) is 2.32. The van der Waals surface area contributed by atoms with Crippen LogP contribution in [0.5, 0.6) is 0 Å². The van der Waals surface area contributed by atoms with Gasteiger partial charge in [-0.05, 0) is 12.1 Å². The summed E-state index contributed by atoms with van der Waals surface area (Å²) in [4.78, 5) is 12.3. The molecule has 23 heavy (non-hydrogen) atoms. The Kier molecular flexibility index (Phi) is 4.19. The van der Waals surface area contributed by atoms with Crippen LogP contribution in [0.1, 0.15) is 33.3 Å². The molecular weight excluding hydrogens is 309 g/mol. The number of carbonyl (C=O) groups excluding carboxylic acids is 1. The number of carbonyl (C=O) groups is 1. The first-order valence-electron chi connectivity index (χ1n) is 7.00. The van der Waals surface area contributed by atoms with E-state index in [-0.39, 0.29) is 11.3 Å². The van der Waals surface area contributed by atoms with Crippen LogP contribution in [0, 0.1) is 0 Å². The van der Waals surface area contributed by atoms with Crippen molar-refractivity contribution in [3.05, 3.63) is 70.8 Å². The lowest BCUT2D eigenvalue weighted by molar-refractivity contribution is -0.137. The van der Waals surface area contributed by atoms with E-state index in [1.807, 2.05) is 0 Å². The van der Waals surface area contributed by atoms with Gasteiger partial charge in [-0.2, -0.15) is 13.2 Å². The molecule has 2 aromatic carbocycles. The zero-order valence-electron chi connectivity index (χ0n) is 12.0. The van der Waals surface area contributed by atoms with E-state index in [1.54, 1.807) is 24.3 Å². The van der Waals surface area contributed by atoms with E-state index in [0.717, 1.165) is 17.7 Å². The molecule has 0 amide bonds. The Morgan fingerprint density at radius 1 is 0.870 bits per heavy atom. The Morgan fingerprint density at radius 2 is 1.35 bits per heavy atom. The van der Waals surface area contributed by atoms with Gasteiger partial charge in [-0.1, -0.05) is 36.4 Å². The second-order valence-corrected chi connectivity index (χ2v) is 5.10. The van der Waals surface area contributed by atoms with Crippen molar-refractivity contribution in [2.24, 2.45) is 0 Å². The van der Waals surface area contributed by atoms with Gasteiger partial charge in [0.2, 0.25) is 0 Å². The van der Waals surface area contributed by atoms with Crippen molar-refractivity contribution in [2.75, 3.05) is 13.2 Å². The van der Waals surface area contributed by atoms with Gasteiger partial charge in [-0.15, -0.1) is 0 Å². The molecule has 0 spiro atoms. The van der Waals surface area contributed by atoms with Crippen LogP contribution in [0.15, 0.2) is 48.5 Å². The summed E-state index contributed by atoms with van der Waals surface area (Å²) in [5, 5.41) is 0. The number of alkyl halides is 3. The molecule has 120 valence electrons. The number of ether oxygens (including phenoxy) is 2. The Balaban J connectivity index is 1.77. The average molecular weight is 322 g/mol. The van der Waals surface area contributed by atoms with Gasteiger partial charge in [-0.25, -0.2) is 0 Å². The third kappa shape index (κ3) is 3.43. The first-order chi connectivity index (χ1) is 10.9. The third-order valence-corrected chi connectivity index (χ3v) is 3.54. The Hall–Kier alpha value is -2.18. The zero-order valence-corrected chi connectivity index (χ0v) is 12.0. The third-order valence-electron chi connectivity index (χ3n) is 3.54. The van der Waals surface area contributed by atoms with E-state index in [0.29, 0.717) is 18.8 Å². The number of hydrogen-bond acceptors (Lipinski definition) is 3. The smallest absolute Gasteiger partial charge is 0.346 e. The first-order valence-corrected chi connectivity index (χ1v) is 7.00. The Labute approximate surface area is 130 Å². The molecule has 1 saturated heterocycles. The summed E-state index contributed by atoms with van der Waals surface area (Å²) in [5.41, 5.74) is 0.622. The van der Waals surface area contributed by atoms with E-state index in [1.165, 1.54) is 12.1 Å². The van der Waals surface area contributed by atoms with Crippen LogP contribution in [0.25, 0.3) is 0 Å². The molecule has 0 N–H and O–H groups in total. The molecule has 0 aromatic heterocycles. The maximum absolute atomic E-state index is 12.5. The molecule has 0 radical (unpaired) electrons. The standard InChI is InChI=1S/C17H13F3O3/c18-17(19,20)14-7-5-12(6-8-14)15(21)11-1-3-13(4-2-11)16-22-9-10-23-16/h1-8,16H,9-10H2. The predicted octanol–water partition coefficient (Wildman–Crippen LogP) is 3.98. The summed E-state index contributed by atoms with van der Waals surface area (Å²) in [5.74, 6) is -0.335. The number of rotatable bonds is 3. The quantitative estimate of drug-likeness (QED) is 0.802. The predicted molar refractivity (Wildman–Crippen MR) is 76.0 cm³/mol. The van der Waals surface area contributed by atoms with Crippen molar-refractivity contribution in [3.63, 3.8) is 0 Å². The first kappa shape index (κ1) is 15.7. The van der Waals surface area contributed by atoms with Gasteiger partial charge in [0.25, 0.3) is 0 Å². The van der Waals surface area contributed by atoms with Crippen LogP contribution >= 0.6 is 0 Å². The van der Waals surface area contributed by atoms with E-state index in [9.17, 15) is 18.0 Å². The van der Waals surface area contributed by atoms with E-state index < -0.39 is 18.0 Å². The number of hydrogen-bond donors (Lipinski definition) is 0. The molecule has 6 heteroatoms. The lowest BCUT2D eigenvalue weighted by Crippen LogP contribution is -2.07. The zero-order chi connectivity index (χ0) is 16.4. The van der Waals surface area contributed by atoms with Crippen LogP contribution in [0.4, 0.5) is 13.2 Å². The molecular formula is C17H13F3O3. The maximum atomic E-state index is 12.5. The largest absolute Gasteiger partial charge is 0.416 e. The molecule has 0 unspecified atom stereocenters. The van der Waals surface area contributed by atoms with Crippen molar-refractivity contribution in [3.8, 4) is 0 Å². The molecule has 3 rings (SSSR count). The Bertz CT molecular complexity index is 685. The molecule has 0 bridgehead atoms. The molecule has 1 heterocycles. The van der Waals surface area contributed by atoms with E-state index >= 15 is 0 Å². The highest BCUT2D eigenvalue weighted by Crippen LogP contribution is 2.29. The monoisotopic (exact) mass is 322 g/mol. The van der Waals surface area contributed by atoms with Gasteiger partial charge in [-0.3, -0.25) is 4.79 Å². The van der Waals surface area contributed by atoms with Crippen molar-refractivity contribution < 1.29 is 27.4 Å². The summed E-state index contributed by atoms with van der Waals surface area (Å²) in [6.07, 6.45) is -4.84. The topological polar surface area (TPSA) is 35.5 Å². The van der Waals surface area contributed by atoms with E-state index in [2.05, 4.69) is 0 Å². The van der Waals surface area contributed by atoms with Gasteiger partial charge >= 0.3 is 6.18 Å². The lowest BCUT2D eigenvalue weighted by Gasteiger charge is -2.10. The minimum absolute atomic E-state index is 0.208. The second kappa shape index (κ2) is 6.14. The van der Waals surface area contributed by atoms with Crippen molar-refractivity contribution in [2.45, 2.75) is 12.5 Å². The Morgan fingerprint density at radius 3 is 1.83 bits per heavy atom. The van der Waals surface area contributed by atoms with Crippen LogP contribution in [0.2, 0.25) is 0 Å². The molecule has 0 atom stereocenters. The molecule has 0 aliphatic carbocycles. The summed E-state index contributed by atoms with van der Waals surface area (Å²) in [6, 6.07) is 10.8. The van der Waals surface area contributed by atoms with Crippen LogP contribution < -0.4 is 0 Å². The average Bonchev–Trinajstić information content (AvgIpc) is 3.08. The van der Waals surface area contributed by atoms with Gasteiger partial charge in [0.1, 0.15) is 0 Å². The SMILES string of the molecule is O=C(c1ccc(C2OCCO2)cc1)c1ccc(C(F)(F)F)cc1. The number of halogens is 3. The molecule has 3 nitrogen and oxygen atoms in total. The molecule has 1 aliphatic heterocycles. The highest BCUT2D eigenvalue weighted by molar-refractivity contribution is 6.09. The summed E-state index contributed by atoms with van der Waals surface area (Å²) >= 11 is 0. The molecule has 2 aromatic rings. The highest BCUT2D eigenvalue weighted by Gasteiger charge is 2.30.